The van der Waals surface area contributed by atoms with Gasteiger partial charge in [0.25, 0.3) is 0 Å². The number of halogens is 1. The molecule has 1 amide bonds. The van der Waals surface area contributed by atoms with Gasteiger partial charge >= 0.3 is 5.91 Å². The standard InChI is InChI=1S/C21H17ClN2O5/c22-17-10-14(11-19-20(17)27-9-8-26-19)12-23-24-21(25)18-7-6-16(29-18)13-28-15-4-2-1-3-5-15/h1-7,10-12H,8-9,13H2,(H,24,25)/b23-12-. The summed E-state index contributed by atoms with van der Waals surface area (Å²) in [7, 11) is 0. The first-order chi connectivity index (χ1) is 14.2. The number of carbonyl (C=O) groups is 1. The zero-order valence-corrected chi connectivity index (χ0v) is 16.0. The van der Waals surface area contributed by atoms with Crippen LogP contribution in [0.4, 0.5) is 0 Å². The van der Waals surface area contributed by atoms with Gasteiger partial charge in [0.15, 0.2) is 17.3 Å². The van der Waals surface area contributed by atoms with Crippen LogP contribution in [0.2, 0.25) is 5.02 Å². The Morgan fingerprint density at radius 3 is 2.83 bits per heavy atom. The van der Waals surface area contributed by atoms with E-state index in [1.165, 1.54) is 6.21 Å². The molecule has 8 heteroatoms. The van der Waals surface area contributed by atoms with E-state index in [9.17, 15) is 4.79 Å². The molecule has 0 fully saturated rings. The van der Waals surface area contributed by atoms with Crippen molar-refractivity contribution >= 4 is 23.7 Å². The largest absolute Gasteiger partial charge is 0.486 e. The molecule has 0 bridgehead atoms. The zero-order chi connectivity index (χ0) is 20.1. The molecule has 0 saturated heterocycles. The van der Waals surface area contributed by atoms with Crippen LogP contribution >= 0.6 is 11.6 Å². The normalized spacial score (nSPS) is 12.7. The Balaban J connectivity index is 1.34. The molecule has 0 aliphatic carbocycles. The van der Waals surface area contributed by atoms with Gasteiger partial charge in [-0.3, -0.25) is 4.79 Å². The maximum atomic E-state index is 12.2. The number of hydrazone groups is 1. The Kier molecular flexibility index (Phi) is 5.67. The van der Waals surface area contributed by atoms with Crippen molar-refractivity contribution in [3.63, 3.8) is 0 Å². The molecule has 1 N–H and O–H groups in total. The highest BCUT2D eigenvalue weighted by molar-refractivity contribution is 6.32. The minimum atomic E-state index is -0.476. The summed E-state index contributed by atoms with van der Waals surface area (Å²) in [6.45, 7) is 1.13. The fourth-order valence-corrected chi connectivity index (χ4v) is 2.95. The number of rotatable bonds is 6. The van der Waals surface area contributed by atoms with Gasteiger partial charge in [0.05, 0.1) is 11.2 Å². The third-order valence-corrected chi connectivity index (χ3v) is 4.29. The first-order valence-electron chi connectivity index (χ1n) is 8.88. The van der Waals surface area contributed by atoms with Gasteiger partial charge < -0.3 is 18.6 Å². The van der Waals surface area contributed by atoms with E-state index < -0.39 is 5.91 Å². The minimum absolute atomic E-state index is 0.133. The summed E-state index contributed by atoms with van der Waals surface area (Å²) in [6.07, 6.45) is 1.46. The summed E-state index contributed by atoms with van der Waals surface area (Å²) in [4.78, 5) is 12.2. The Morgan fingerprint density at radius 2 is 1.97 bits per heavy atom. The van der Waals surface area contributed by atoms with Crippen LogP contribution in [0.25, 0.3) is 0 Å². The number of furan rings is 1. The third-order valence-electron chi connectivity index (χ3n) is 4.01. The Labute approximate surface area is 171 Å². The van der Waals surface area contributed by atoms with Crippen molar-refractivity contribution in [3.05, 3.63) is 76.7 Å². The number of hydrogen-bond donors (Lipinski definition) is 1. The van der Waals surface area contributed by atoms with E-state index in [1.807, 2.05) is 30.3 Å². The van der Waals surface area contributed by atoms with Crippen LogP contribution in [0.5, 0.6) is 17.2 Å². The molecule has 0 radical (unpaired) electrons. The number of carbonyl (C=O) groups excluding carboxylic acids is 1. The molecule has 0 saturated carbocycles. The first-order valence-corrected chi connectivity index (χ1v) is 9.26. The van der Waals surface area contributed by atoms with Crippen LogP contribution in [-0.2, 0) is 6.61 Å². The Bertz CT molecular complexity index is 1030. The SMILES string of the molecule is O=C(N/N=C\c1cc(Cl)c2c(c1)OCCO2)c1ccc(COc2ccccc2)o1. The summed E-state index contributed by atoms with van der Waals surface area (Å²) < 4.78 is 22.1. The molecule has 2 heterocycles. The van der Waals surface area contributed by atoms with Gasteiger partial charge in [-0.2, -0.15) is 5.10 Å². The van der Waals surface area contributed by atoms with Crippen LogP contribution in [0.15, 0.2) is 64.1 Å². The summed E-state index contributed by atoms with van der Waals surface area (Å²) in [5.74, 6) is 1.97. The van der Waals surface area contributed by atoms with Gasteiger partial charge in [-0.05, 0) is 42.0 Å². The lowest BCUT2D eigenvalue weighted by molar-refractivity contribution is 0.0923. The van der Waals surface area contributed by atoms with E-state index in [2.05, 4.69) is 10.5 Å². The van der Waals surface area contributed by atoms with Crippen molar-refractivity contribution in [2.75, 3.05) is 13.2 Å². The van der Waals surface area contributed by atoms with Gasteiger partial charge in [-0.1, -0.05) is 29.8 Å². The van der Waals surface area contributed by atoms with Crippen molar-refractivity contribution in [2.45, 2.75) is 6.61 Å². The van der Waals surface area contributed by atoms with E-state index in [-0.39, 0.29) is 12.4 Å². The van der Waals surface area contributed by atoms with Gasteiger partial charge in [0.1, 0.15) is 31.3 Å². The van der Waals surface area contributed by atoms with Crippen molar-refractivity contribution in [2.24, 2.45) is 5.10 Å². The maximum absolute atomic E-state index is 12.2. The fourth-order valence-electron chi connectivity index (χ4n) is 2.67. The minimum Gasteiger partial charge on any atom is -0.486 e. The van der Waals surface area contributed by atoms with Crippen LogP contribution in [0, 0.1) is 0 Å². The summed E-state index contributed by atoms with van der Waals surface area (Å²) in [6, 6.07) is 16.0. The molecule has 1 aliphatic heterocycles. The quantitative estimate of drug-likeness (QED) is 0.488. The topological polar surface area (TPSA) is 82.3 Å². The molecule has 0 atom stereocenters. The first kappa shape index (κ1) is 18.9. The number of benzene rings is 2. The van der Waals surface area contributed by atoms with E-state index >= 15 is 0 Å². The number of nitrogens with one attached hydrogen (secondary N) is 1. The average molecular weight is 413 g/mol. The number of para-hydroxylation sites is 1. The maximum Gasteiger partial charge on any atom is 0.307 e. The summed E-state index contributed by atoms with van der Waals surface area (Å²) in [5.41, 5.74) is 3.08. The van der Waals surface area contributed by atoms with Crippen LogP contribution in [0.1, 0.15) is 21.9 Å². The Morgan fingerprint density at radius 1 is 1.14 bits per heavy atom. The van der Waals surface area contributed by atoms with E-state index in [0.29, 0.717) is 41.1 Å². The molecule has 0 spiro atoms. The summed E-state index contributed by atoms with van der Waals surface area (Å²) >= 11 is 6.18. The molecule has 7 nitrogen and oxygen atoms in total. The number of ether oxygens (including phenoxy) is 3. The van der Waals surface area contributed by atoms with Crippen LogP contribution < -0.4 is 19.6 Å². The van der Waals surface area contributed by atoms with Crippen molar-refractivity contribution in [3.8, 4) is 17.2 Å². The van der Waals surface area contributed by atoms with Gasteiger partial charge in [0, 0.05) is 0 Å². The summed E-state index contributed by atoms with van der Waals surface area (Å²) in [5, 5.41) is 4.36. The second-order valence-corrected chi connectivity index (χ2v) is 6.50. The highest BCUT2D eigenvalue weighted by Crippen LogP contribution is 2.37. The second kappa shape index (κ2) is 8.70. The molecule has 1 aliphatic rings. The number of nitrogens with zero attached hydrogens (tertiary/aromatic N) is 1. The smallest absolute Gasteiger partial charge is 0.307 e. The predicted molar refractivity (Wildman–Crippen MR) is 107 cm³/mol. The molecule has 3 aromatic rings. The lowest BCUT2D eigenvalue weighted by Crippen LogP contribution is -2.17. The Hall–Kier alpha value is -3.45. The molecule has 1 aromatic heterocycles. The molecular formula is C21H17ClN2O5. The fraction of sp³-hybridized carbons (Fsp3) is 0.143. The molecule has 4 rings (SSSR count). The zero-order valence-electron chi connectivity index (χ0n) is 15.3. The van der Waals surface area contributed by atoms with Crippen molar-refractivity contribution in [1.82, 2.24) is 5.43 Å². The number of fused-ring (bicyclic) bond motifs is 1. The highest BCUT2D eigenvalue weighted by Gasteiger charge is 2.16. The number of amides is 1. The molecule has 148 valence electrons. The monoisotopic (exact) mass is 412 g/mol. The lowest BCUT2D eigenvalue weighted by Gasteiger charge is -2.19. The predicted octanol–water partition coefficient (Wildman–Crippen LogP) is 4.05. The van der Waals surface area contributed by atoms with E-state index in [1.54, 1.807) is 24.3 Å². The van der Waals surface area contributed by atoms with Crippen LogP contribution in [-0.4, -0.2) is 25.3 Å². The van der Waals surface area contributed by atoms with Crippen LogP contribution in [0.3, 0.4) is 0 Å². The van der Waals surface area contributed by atoms with Gasteiger partial charge in [-0.15, -0.1) is 0 Å². The average Bonchev–Trinajstić information content (AvgIpc) is 3.22. The second-order valence-electron chi connectivity index (χ2n) is 6.09. The van der Waals surface area contributed by atoms with E-state index in [0.717, 1.165) is 5.75 Å². The molecule has 29 heavy (non-hydrogen) atoms. The molecule has 0 unspecified atom stereocenters. The van der Waals surface area contributed by atoms with Gasteiger partial charge in [0.2, 0.25) is 0 Å². The molecular weight excluding hydrogens is 396 g/mol. The lowest BCUT2D eigenvalue weighted by atomic mass is 10.2. The third kappa shape index (κ3) is 4.70. The van der Waals surface area contributed by atoms with Crippen molar-refractivity contribution < 1.29 is 23.4 Å². The molecule has 2 aromatic carbocycles. The highest BCUT2D eigenvalue weighted by atomic mass is 35.5. The number of hydrogen-bond acceptors (Lipinski definition) is 6. The van der Waals surface area contributed by atoms with E-state index in [4.69, 9.17) is 30.2 Å². The van der Waals surface area contributed by atoms with Gasteiger partial charge in [-0.25, -0.2) is 5.43 Å². The van der Waals surface area contributed by atoms with Crippen molar-refractivity contribution in [1.29, 1.82) is 0 Å².